The molecule has 9 heteroatoms. The third kappa shape index (κ3) is 4.79. The minimum atomic E-state index is -1.78. The molecule has 1 saturated heterocycles. The highest BCUT2D eigenvalue weighted by Gasteiger charge is 2.50. The summed E-state index contributed by atoms with van der Waals surface area (Å²) in [5.74, 6) is -2.93. The van der Waals surface area contributed by atoms with E-state index in [2.05, 4.69) is 10.6 Å². The van der Waals surface area contributed by atoms with Gasteiger partial charge in [-0.1, -0.05) is 0 Å². The van der Waals surface area contributed by atoms with Crippen molar-refractivity contribution in [2.75, 3.05) is 19.7 Å². The number of hydrogen-bond donors (Lipinski definition) is 2. The number of benzene rings is 1. The molecule has 0 aliphatic carbocycles. The van der Waals surface area contributed by atoms with Crippen molar-refractivity contribution in [3.05, 3.63) is 35.4 Å². The SMILES string of the molecule is CC(C)OCCCNC(=O)CN1C(=O)N[C@@](C)(c2cc(F)ccc2F)C1=O. The molecule has 1 aliphatic heterocycles. The normalized spacial score (nSPS) is 19.6. The van der Waals surface area contributed by atoms with Gasteiger partial charge in [0.15, 0.2) is 0 Å². The van der Waals surface area contributed by atoms with Crippen molar-refractivity contribution in [1.29, 1.82) is 0 Å². The Morgan fingerprint density at radius 3 is 2.70 bits per heavy atom. The molecule has 0 bridgehead atoms. The molecule has 0 radical (unpaired) electrons. The molecule has 1 aromatic rings. The van der Waals surface area contributed by atoms with Crippen LogP contribution in [-0.4, -0.2) is 48.5 Å². The highest BCUT2D eigenvalue weighted by atomic mass is 19.1. The van der Waals surface area contributed by atoms with E-state index in [0.717, 1.165) is 18.2 Å². The van der Waals surface area contributed by atoms with E-state index in [0.29, 0.717) is 24.5 Å². The van der Waals surface area contributed by atoms with Crippen LogP contribution in [0.4, 0.5) is 13.6 Å². The number of ether oxygens (including phenoxy) is 1. The fourth-order valence-corrected chi connectivity index (χ4v) is 2.72. The van der Waals surface area contributed by atoms with Gasteiger partial charge in [0.1, 0.15) is 23.7 Å². The second kappa shape index (κ2) is 8.43. The number of imide groups is 1. The Morgan fingerprint density at radius 2 is 2.04 bits per heavy atom. The molecule has 4 amide bonds. The Balaban J connectivity index is 1.99. The molecule has 0 aromatic heterocycles. The van der Waals surface area contributed by atoms with E-state index in [4.69, 9.17) is 4.74 Å². The average Bonchev–Trinajstić information content (AvgIpc) is 2.80. The molecule has 1 aliphatic rings. The van der Waals surface area contributed by atoms with Gasteiger partial charge in [0, 0.05) is 18.7 Å². The summed E-state index contributed by atoms with van der Waals surface area (Å²) in [6, 6.07) is 1.80. The summed E-state index contributed by atoms with van der Waals surface area (Å²) in [5, 5.41) is 4.92. The fraction of sp³-hybridized carbons (Fsp3) is 0.500. The van der Waals surface area contributed by atoms with E-state index in [1.165, 1.54) is 6.92 Å². The number of nitrogens with zero attached hydrogens (tertiary/aromatic N) is 1. The Morgan fingerprint density at radius 1 is 1.33 bits per heavy atom. The smallest absolute Gasteiger partial charge is 0.325 e. The maximum Gasteiger partial charge on any atom is 0.325 e. The van der Waals surface area contributed by atoms with Crippen molar-refractivity contribution < 1.29 is 27.9 Å². The van der Waals surface area contributed by atoms with Gasteiger partial charge in [-0.3, -0.25) is 14.5 Å². The third-order valence-electron chi connectivity index (χ3n) is 4.14. The zero-order valence-electron chi connectivity index (χ0n) is 15.5. The lowest BCUT2D eigenvalue weighted by Crippen LogP contribution is -2.44. The summed E-state index contributed by atoms with van der Waals surface area (Å²) < 4.78 is 32.9. The first kappa shape index (κ1) is 20.8. The lowest BCUT2D eigenvalue weighted by atomic mass is 9.91. The second-order valence-electron chi connectivity index (χ2n) is 6.69. The Hall–Kier alpha value is -2.55. The number of rotatable bonds is 8. The van der Waals surface area contributed by atoms with Gasteiger partial charge in [-0.15, -0.1) is 0 Å². The van der Waals surface area contributed by atoms with Crippen LogP contribution in [0, 0.1) is 11.6 Å². The number of amides is 4. The van der Waals surface area contributed by atoms with Crippen LogP contribution in [-0.2, 0) is 19.9 Å². The first-order chi connectivity index (χ1) is 12.6. The summed E-state index contributed by atoms with van der Waals surface area (Å²) in [6.45, 7) is 5.35. The predicted octanol–water partition coefficient (Wildman–Crippen LogP) is 1.66. The van der Waals surface area contributed by atoms with Crippen LogP contribution in [0.15, 0.2) is 18.2 Å². The topological polar surface area (TPSA) is 87.7 Å². The average molecular weight is 383 g/mol. The molecule has 2 rings (SSSR count). The minimum absolute atomic E-state index is 0.0903. The maximum atomic E-state index is 14.1. The molecule has 1 aromatic carbocycles. The molecular formula is C18H23F2N3O4. The molecule has 1 atom stereocenters. The minimum Gasteiger partial charge on any atom is -0.379 e. The van der Waals surface area contributed by atoms with E-state index in [-0.39, 0.29) is 11.7 Å². The largest absolute Gasteiger partial charge is 0.379 e. The van der Waals surface area contributed by atoms with Crippen molar-refractivity contribution >= 4 is 17.8 Å². The summed E-state index contributed by atoms with van der Waals surface area (Å²) in [6.07, 6.45) is 0.670. The Bertz CT molecular complexity index is 741. The van der Waals surface area contributed by atoms with E-state index in [1.807, 2.05) is 13.8 Å². The van der Waals surface area contributed by atoms with Crippen LogP contribution in [0.3, 0.4) is 0 Å². The first-order valence-corrected chi connectivity index (χ1v) is 8.63. The van der Waals surface area contributed by atoms with E-state index in [9.17, 15) is 23.2 Å². The number of urea groups is 1. The lowest BCUT2D eigenvalue weighted by Gasteiger charge is -2.22. The van der Waals surface area contributed by atoms with E-state index >= 15 is 0 Å². The molecule has 1 heterocycles. The van der Waals surface area contributed by atoms with Crippen molar-refractivity contribution in [3.63, 3.8) is 0 Å². The van der Waals surface area contributed by atoms with Gasteiger partial charge in [0.2, 0.25) is 5.91 Å². The molecule has 0 unspecified atom stereocenters. The zero-order valence-corrected chi connectivity index (χ0v) is 15.5. The van der Waals surface area contributed by atoms with E-state index in [1.54, 1.807) is 0 Å². The Labute approximate surface area is 156 Å². The number of hydrogen-bond acceptors (Lipinski definition) is 4. The summed E-state index contributed by atoms with van der Waals surface area (Å²) in [7, 11) is 0. The number of halogens is 2. The van der Waals surface area contributed by atoms with Crippen molar-refractivity contribution in [2.24, 2.45) is 0 Å². The number of carbonyl (C=O) groups is 3. The maximum absolute atomic E-state index is 14.1. The zero-order chi connectivity index (χ0) is 20.2. The van der Waals surface area contributed by atoms with Crippen LogP contribution in [0.25, 0.3) is 0 Å². The van der Waals surface area contributed by atoms with Crippen molar-refractivity contribution in [1.82, 2.24) is 15.5 Å². The van der Waals surface area contributed by atoms with Crippen LogP contribution >= 0.6 is 0 Å². The summed E-state index contributed by atoms with van der Waals surface area (Å²) in [5.41, 5.74) is -2.08. The van der Waals surface area contributed by atoms with E-state index < -0.39 is 41.6 Å². The molecular weight excluding hydrogens is 360 g/mol. The molecule has 2 N–H and O–H groups in total. The highest BCUT2D eigenvalue weighted by Crippen LogP contribution is 2.31. The first-order valence-electron chi connectivity index (χ1n) is 8.63. The van der Waals surface area contributed by atoms with Crippen LogP contribution in [0.2, 0.25) is 0 Å². The standard InChI is InChI=1S/C18H23F2N3O4/c1-11(2)27-8-4-7-21-15(24)10-23-16(25)18(3,22-17(23)26)13-9-12(19)5-6-14(13)20/h5-6,9,11H,4,7-8,10H2,1-3H3,(H,21,24)(H,22,26)/t18-/m0/s1. The van der Waals surface area contributed by atoms with Crippen molar-refractivity contribution in [2.45, 2.75) is 38.8 Å². The summed E-state index contributed by atoms with van der Waals surface area (Å²) in [4.78, 5) is 37.5. The Kier molecular flexibility index (Phi) is 6.48. The number of nitrogens with one attached hydrogen (secondary N) is 2. The lowest BCUT2D eigenvalue weighted by molar-refractivity contribution is -0.134. The predicted molar refractivity (Wildman–Crippen MR) is 92.7 cm³/mol. The monoisotopic (exact) mass is 383 g/mol. The number of carbonyl (C=O) groups excluding carboxylic acids is 3. The van der Waals surface area contributed by atoms with Gasteiger partial charge in [-0.05, 0) is 45.4 Å². The second-order valence-corrected chi connectivity index (χ2v) is 6.69. The van der Waals surface area contributed by atoms with Gasteiger partial charge in [0.05, 0.1) is 6.10 Å². The quantitative estimate of drug-likeness (QED) is 0.528. The van der Waals surface area contributed by atoms with Crippen LogP contribution in [0.5, 0.6) is 0 Å². The van der Waals surface area contributed by atoms with Gasteiger partial charge < -0.3 is 15.4 Å². The molecule has 7 nitrogen and oxygen atoms in total. The van der Waals surface area contributed by atoms with Crippen LogP contribution in [0.1, 0.15) is 32.8 Å². The third-order valence-corrected chi connectivity index (χ3v) is 4.14. The molecule has 0 saturated carbocycles. The van der Waals surface area contributed by atoms with Gasteiger partial charge in [-0.2, -0.15) is 0 Å². The molecule has 27 heavy (non-hydrogen) atoms. The van der Waals surface area contributed by atoms with Crippen molar-refractivity contribution in [3.8, 4) is 0 Å². The highest BCUT2D eigenvalue weighted by molar-refractivity contribution is 6.09. The fourth-order valence-electron chi connectivity index (χ4n) is 2.72. The van der Waals surface area contributed by atoms with Gasteiger partial charge >= 0.3 is 6.03 Å². The molecule has 1 fully saturated rings. The molecule has 0 spiro atoms. The molecule has 148 valence electrons. The van der Waals surface area contributed by atoms with Gasteiger partial charge in [-0.25, -0.2) is 13.6 Å². The summed E-state index contributed by atoms with van der Waals surface area (Å²) >= 11 is 0. The van der Waals surface area contributed by atoms with Crippen LogP contribution < -0.4 is 10.6 Å². The van der Waals surface area contributed by atoms with Gasteiger partial charge in [0.25, 0.3) is 5.91 Å².